The third-order valence-corrected chi connectivity index (χ3v) is 9.07. The van der Waals surface area contributed by atoms with Crippen molar-refractivity contribution in [2.45, 2.75) is 13.0 Å². The lowest BCUT2D eigenvalue weighted by Crippen LogP contribution is -2.39. The number of ether oxygens (including phenoxy) is 1. The van der Waals surface area contributed by atoms with Crippen LogP contribution in [0.15, 0.2) is 188 Å². The van der Waals surface area contributed by atoms with Crippen molar-refractivity contribution in [3.63, 3.8) is 0 Å². The van der Waals surface area contributed by atoms with E-state index in [2.05, 4.69) is 132 Å². The molecular weight excluding hydrogens is 618 g/mol. The van der Waals surface area contributed by atoms with Crippen molar-refractivity contribution in [2.24, 2.45) is 0 Å². The van der Waals surface area contributed by atoms with Crippen LogP contribution in [0, 0.1) is 0 Å². The van der Waals surface area contributed by atoms with E-state index in [9.17, 15) is 0 Å². The van der Waals surface area contributed by atoms with Gasteiger partial charge in [-0.3, -0.25) is 0 Å². The lowest BCUT2D eigenvalue weighted by atomic mass is 9.95. The van der Waals surface area contributed by atoms with Crippen LogP contribution in [0.5, 0.6) is 5.75 Å². The van der Waals surface area contributed by atoms with Crippen molar-refractivity contribution in [1.82, 2.24) is 0 Å². The van der Waals surface area contributed by atoms with E-state index >= 15 is 0 Å². The summed E-state index contributed by atoms with van der Waals surface area (Å²) in [7, 11) is 0. The third kappa shape index (κ3) is 7.56. The first-order valence-electron chi connectivity index (χ1n) is 16.7. The second-order valence-electron chi connectivity index (χ2n) is 11.9. The Labute approximate surface area is 294 Å². The van der Waals surface area contributed by atoms with Crippen LogP contribution < -0.4 is 9.30 Å². The second kappa shape index (κ2) is 15.5. The van der Waals surface area contributed by atoms with Gasteiger partial charge in [0.1, 0.15) is 5.75 Å². The van der Waals surface area contributed by atoms with Crippen LogP contribution in [0.1, 0.15) is 23.1 Å². The van der Waals surface area contributed by atoms with Crippen LogP contribution >= 0.6 is 11.6 Å². The van der Waals surface area contributed by atoms with E-state index in [4.69, 9.17) is 16.3 Å². The summed E-state index contributed by atoms with van der Waals surface area (Å²) in [6.07, 6.45) is 0.839. The van der Waals surface area contributed by atoms with Gasteiger partial charge in [-0.15, -0.1) is 0 Å². The van der Waals surface area contributed by atoms with Gasteiger partial charge in [-0.25, -0.2) is 0 Å². The van der Waals surface area contributed by atoms with E-state index in [0.29, 0.717) is 6.61 Å². The molecule has 0 saturated heterocycles. The van der Waals surface area contributed by atoms with Gasteiger partial charge in [-0.2, -0.15) is 4.57 Å². The molecule has 0 aliphatic rings. The van der Waals surface area contributed by atoms with E-state index in [1.165, 1.54) is 33.6 Å². The fourth-order valence-electron chi connectivity index (χ4n) is 6.24. The van der Waals surface area contributed by atoms with E-state index in [0.717, 1.165) is 46.0 Å². The van der Waals surface area contributed by atoms with Gasteiger partial charge in [0.2, 0.25) is 11.4 Å². The first kappa shape index (κ1) is 31.9. The molecule has 6 aromatic carbocycles. The van der Waals surface area contributed by atoms with E-state index in [1.54, 1.807) is 0 Å². The predicted molar refractivity (Wildman–Crippen MR) is 204 cm³/mol. The summed E-state index contributed by atoms with van der Waals surface area (Å²) in [6, 6.07) is 65.3. The maximum atomic E-state index is 7.05. The molecule has 0 radical (unpaired) electrons. The Balaban J connectivity index is 1.15. The molecule has 0 unspecified atom stereocenters. The molecule has 1 aromatic heterocycles. The molecule has 0 N–H and O–H groups in total. The molecule has 0 aliphatic heterocycles. The fraction of sp³-hybridized carbons (Fsp3) is 0.0652. The standard InChI is InChI=1S/C46H37ClNO/c47-46(40-25-14-5-15-26-40)45(38-23-12-4-13-24-38)39-27-29-42(30-28-39)49-32-16-31-48-43(36-19-8-2-9-20-36)33-41(35-17-6-1-7-18-35)34-44(48)37-21-10-3-11-22-37/h1-15,17-30,33-34H,16,31-32H2/q+1/b46-45-. The number of pyridine rings is 1. The van der Waals surface area contributed by atoms with Crippen molar-refractivity contribution in [1.29, 1.82) is 0 Å². The topological polar surface area (TPSA) is 13.1 Å². The number of aromatic nitrogens is 1. The van der Waals surface area contributed by atoms with Gasteiger partial charge in [0.25, 0.3) is 0 Å². The smallest absolute Gasteiger partial charge is 0.213 e. The van der Waals surface area contributed by atoms with E-state index in [1.807, 2.05) is 60.7 Å². The van der Waals surface area contributed by atoms with Crippen molar-refractivity contribution in [2.75, 3.05) is 6.61 Å². The lowest BCUT2D eigenvalue weighted by molar-refractivity contribution is -0.675. The summed E-state index contributed by atoms with van der Waals surface area (Å²) in [6.45, 7) is 1.39. The Bertz CT molecular complexity index is 2070. The van der Waals surface area contributed by atoms with Crippen LogP contribution in [0.2, 0.25) is 0 Å². The Morgan fingerprint density at radius 1 is 0.449 bits per heavy atom. The van der Waals surface area contributed by atoms with Gasteiger partial charge in [-0.05, 0) is 64.2 Å². The molecule has 0 amide bonds. The molecule has 0 saturated carbocycles. The minimum absolute atomic E-state index is 0.585. The quantitative estimate of drug-likeness (QED) is 0.0768. The maximum absolute atomic E-state index is 7.05. The monoisotopic (exact) mass is 654 g/mol. The van der Waals surface area contributed by atoms with Crippen molar-refractivity contribution in [3.8, 4) is 39.4 Å². The number of halogens is 1. The molecule has 0 aliphatic carbocycles. The normalized spacial score (nSPS) is 11.5. The molecule has 49 heavy (non-hydrogen) atoms. The SMILES string of the molecule is Cl/C(=C(/c1ccccc1)c1ccc(OCCC[n+]2c(-c3ccccc3)cc(-c3ccccc3)cc2-c2ccccc2)cc1)c1ccccc1. The molecule has 7 rings (SSSR count). The zero-order valence-electron chi connectivity index (χ0n) is 27.3. The van der Waals surface area contributed by atoms with Crippen LogP contribution in [-0.2, 0) is 6.54 Å². The average Bonchev–Trinajstić information content (AvgIpc) is 3.19. The summed E-state index contributed by atoms with van der Waals surface area (Å²) < 4.78 is 8.77. The minimum Gasteiger partial charge on any atom is -0.493 e. The van der Waals surface area contributed by atoms with E-state index < -0.39 is 0 Å². The molecule has 1 heterocycles. The van der Waals surface area contributed by atoms with Crippen molar-refractivity contribution in [3.05, 3.63) is 205 Å². The fourth-order valence-corrected chi connectivity index (χ4v) is 6.58. The van der Waals surface area contributed by atoms with Crippen LogP contribution in [-0.4, -0.2) is 6.61 Å². The van der Waals surface area contributed by atoms with Crippen molar-refractivity contribution >= 4 is 22.2 Å². The molecule has 7 aromatic rings. The van der Waals surface area contributed by atoms with Crippen molar-refractivity contribution < 1.29 is 9.30 Å². The summed E-state index contributed by atoms with van der Waals surface area (Å²) in [4.78, 5) is 0. The van der Waals surface area contributed by atoms with E-state index in [-0.39, 0.29) is 0 Å². The van der Waals surface area contributed by atoms with Gasteiger partial charge in [0.15, 0.2) is 6.54 Å². The molecule has 0 atom stereocenters. The maximum Gasteiger partial charge on any atom is 0.213 e. The molecule has 2 nitrogen and oxygen atoms in total. The van der Waals surface area contributed by atoms with Gasteiger partial charge in [-0.1, -0.05) is 151 Å². The molecule has 0 spiro atoms. The Hall–Kier alpha value is -5.70. The minimum atomic E-state index is 0.585. The summed E-state index contributed by atoms with van der Waals surface area (Å²) in [5, 5.41) is 0.721. The van der Waals surface area contributed by atoms with Gasteiger partial charge in [0, 0.05) is 35.3 Å². The molecule has 3 heteroatoms. The Morgan fingerprint density at radius 2 is 0.878 bits per heavy atom. The highest BCUT2D eigenvalue weighted by Gasteiger charge is 2.22. The Morgan fingerprint density at radius 3 is 1.39 bits per heavy atom. The number of benzene rings is 6. The average molecular weight is 655 g/mol. The molecule has 0 bridgehead atoms. The first-order valence-corrected chi connectivity index (χ1v) is 17.1. The van der Waals surface area contributed by atoms with Crippen LogP contribution in [0.25, 0.3) is 44.2 Å². The first-order chi connectivity index (χ1) is 24.2. The Kier molecular flexibility index (Phi) is 10.1. The second-order valence-corrected chi connectivity index (χ2v) is 12.3. The molecule has 0 fully saturated rings. The van der Waals surface area contributed by atoms with Gasteiger partial charge < -0.3 is 4.74 Å². The zero-order chi connectivity index (χ0) is 33.3. The third-order valence-electron chi connectivity index (χ3n) is 8.66. The number of nitrogens with zero attached hydrogens (tertiary/aromatic N) is 1. The highest BCUT2D eigenvalue weighted by atomic mass is 35.5. The number of hydrogen-bond donors (Lipinski definition) is 0. The summed E-state index contributed by atoms with van der Waals surface area (Å²) in [5.41, 5.74) is 11.2. The number of hydrogen-bond acceptors (Lipinski definition) is 1. The summed E-state index contributed by atoms with van der Waals surface area (Å²) in [5.74, 6) is 0.836. The summed E-state index contributed by atoms with van der Waals surface area (Å²) >= 11 is 7.05. The predicted octanol–water partition coefficient (Wildman–Crippen LogP) is 11.6. The van der Waals surface area contributed by atoms with Crippen LogP contribution in [0.3, 0.4) is 0 Å². The van der Waals surface area contributed by atoms with Gasteiger partial charge in [0.05, 0.1) is 11.6 Å². The van der Waals surface area contributed by atoms with Crippen LogP contribution in [0.4, 0.5) is 0 Å². The largest absolute Gasteiger partial charge is 0.493 e. The molecular formula is C46H37ClNO+. The molecule has 238 valence electrons. The highest BCUT2D eigenvalue weighted by molar-refractivity contribution is 6.53. The lowest BCUT2D eigenvalue weighted by Gasteiger charge is -2.14. The van der Waals surface area contributed by atoms with Gasteiger partial charge >= 0.3 is 0 Å². The number of rotatable bonds is 11. The highest BCUT2D eigenvalue weighted by Crippen LogP contribution is 2.35. The zero-order valence-corrected chi connectivity index (χ0v) is 28.0.